The number of sulfone groups is 1. The van der Waals surface area contributed by atoms with Crippen LogP contribution in [-0.4, -0.2) is 20.0 Å². The Labute approximate surface area is 89.0 Å². The van der Waals surface area contributed by atoms with Crippen molar-refractivity contribution < 1.29 is 13.2 Å². The van der Waals surface area contributed by atoms with Crippen molar-refractivity contribution in [1.29, 1.82) is 0 Å². The Balaban J connectivity index is 2.31. The molecular formula is C11H12O3S. The van der Waals surface area contributed by atoms with E-state index in [2.05, 4.69) is 0 Å². The Hall–Kier alpha value is -1.16. The van der Waals surface area contributed by atoms with E-state index in [1.807, 2.05) is 6.92 Å². The predicted molar refractivity (Wildman–Crippen MR) is 56.3 cm³/mol. The van der Waals surface area contributed by atoms with Crippen molar-refractivity contribution in [2.75, 3.05) is 0 Å². The number of hydrogen-bond donors (Lipinski definition) is 0. The van der Waals surface area contributed by atoms with E-state index in [1.165, 1.54) is 0 Å². The summed E-state index contributed by atoms with van der Waals surface area (Å²) in [6, 6.07) is 6.74. The molecule has 3 nitrogen and oxygen atoms in total. The van der Waals surface area contributed by atoms with E-state index in [4.69, 9.17) is 0 Å². The van der Waals surface area contributed by atoms with Crippen LogP contribution in [-0.2, 0) is 14.6 Å². The maximum Gasteiger partial charge on any atom is 0.181 e. The summed E-state index contributed by atoms with van der Waals surface area (Å²) in [5, 5.41) is -0.488. The second-order valence-corrected chi connectivity index (χ2v) is 6.10. The van der Waals surface area contributed by atoms with Crippen LogP contribution in [0.5, 0.6) is 0 Å². The summed E-state index contributed by atoms with van der Waals surface area (Å²) < 4.78 is 23.8. The topological polar surface area (TPSA) is 51.2 Å². The van der Waals surface area contributed by atoms with Gasteiger partial charge in [0.15, 0.2) is 9.84 Å². The number of aryl methyl sites for hydroxylation is 1. The Kier molecular flexibility index (Phi) is 2.38. The third-order valence-corrected chi connectivity index (χ3v) is 4.97. The van der Waals surface area contributed by atoms with Crippen molar-refractivity contribution in [3.05, 3.63) is 29.8 Å². The fraction of sp³-hybridized carbons (Fsp3) is 0.364. The van der Waals surface area contributed by atoms with Gasteiger partial charge in [0.1, 0.15) is 6.29 Å². The monoisotopic (exact) mass is 224 g/mol. The zero-order valence-corrected chi connectivity index (χ0v) is 9.20. The zero-order valence-electron chi connectivity index (χ0n) is 8.38. The summed E-state index contributed by atoms with van der Waals surface area (Å²) >= 11 is 0. The molecule has 0 aromatic heterocycles. The Morgan fingerprint density at radius 1 is 1.27 bits per heavy atom. The van der Waals surface area contributed by atoms with Gasteiger partial charge >= 0.3 is 0 Å². The van der Waals surface area contributed by atoms with Crippen molar-refractivity contribution in [3.8, 4) is 0 Å². The first-order valence-electron chi connectivity index (χ1n) is 4.81. The van der Waals surface area contributed by atoms with Crippen LogP contribution in [0.25, 0.3) is 0 Å². The van der Waals surface area contributed by atoms with E-state index in [0.717, 1.165) is 11.8 Å². The SMILES string of the molecule is Cc1ccc(S(=O)(=O)[C@@H]2C[C@@H]2C=O)cc1. The molecule has 2 rings (SSSR count). The number of benzene rings is 1. The van der Waals surface area contributed by atoms with Crippen molar-refractivity contribution in [2.45, 2.75) is 23.5 Å². The van der Waals surface area contributed by atoms with Crippen LogP contribution in [0.1, 0.15) is 12.0 Å². The van der Waals surface area contributed by atoms with Crippen molar-refractivity contribution >= 4 is 16.1 Å². The van der Waals surface area contributed by atoms with Crippen molar-refractivity contribution in [2.24, 2.45) is 5.92 Å². The van der Waals surface area contributed by atoms with Crippen LogP contribution < -0.4 is 0 Å². The van der Waals surface area contributed by atoms with E-state index in [9.17, 15) is 13.2 Å². The third kappa shape index (κ3) is 1.81. The first kappa shape index (κ1) is 10.4. The molecule has 0 bridgehead atoms. The van der Waals surface area contributed by atoms with Crippen LogP contribution >= 0.6 is 0 Å². The van der Waals surface area contributed by atoms with Crippen molar-refractivity contribution in [1.82, 2.24) is 0 Å². The number of aldehydes is 1. The summed E-state index contributed by atoms with van der Waals surface area (Å²) in [7, 11) is -3.28. The molecule has 0 N–H and O–H groups in total. The standard InChI is InChI=1S/C11H12O3S/c1-8-2-4-10(5-3-8)15(13,14)11-6-9(11)7-12/h2-5,7,9,11H,6H2,1H3/t9-,11-/m1/s1. The molecule has 1 fully saturated rings. The minimum absolute atomic E-state index is 0.295. The van der Waals surface area contributed by atoms with E-state index >= 15 is 0 Å². The molecule has 4 heteroatoms. The average molecular weight is 224 g/mol. The average Bonchev–Trinajstić information content (AvgIpc) is 2.98. The normalized spacial score (nSPS) is 24.9. The molecule has 1 aromatic rings. The summed E-state index contributed by atoms with van der Waals surface area (Å²) in [6.07, 6.45) is 1.20. The zero-order chi connectivity index (χ0) is 11.1. The predicted octanol–water partition coefficient (Wildman–Crippen LogP) is 1.36. The summed E-state index contributed by atoms with van der Waals surface area (Å²) in [6.45, 7) is 1.90. The maximum atomic E-state index is 11.9. The van der Waals surface area contributed by atoms with E-state index < -0.39 is 15.1 Å². The van der Waals surface area contributed by atoms with Gasteiger partial charge in [-0.2, -0.15) is 0 Å². The maximum absolute atomic E-state index is 11.9. The Morgan fingerprint density at radius 3 is 2.33 bits per heavy atom. The number of carbonyl (C=O) groups excluding carboxylic acids is 1. The largest absolute Gasteiger partial charge is 0.303 e. The lowest BCUT2D eigenvalue weighted by Gasteiger charge is -2.02. The van der Waals surface area contributed by atoms with Gasteiger partial charge in [-0.05, 0) is 25.5 Å². The molecule has 2 atom stereocenters. The molecular weight excluding hydrogens is 212 g/mol. The smallest absolute Gasteiger partial charge is 0.181 e. The Morgan fingerprint density at radius 2 is 1.87 bits per heavy atom. The molecule has 0 amide bonds. The van der Waals surface area contributed by atoms with Crippen LogP contribution in [0, 0.1) is 12.8 Å². The molecule has 0 spiro atoms. The van der Waals surface area contributed by atoms with Crippen molar-refractivity contribution in [3.63, 3.8) is 0 Å². The summed E-state index contributed by atoms with van der Waals surface area (Å²) in [4.78, 5) is 10.8. The van der Waals surface area contributed by atoms with Gasteiger partial charge in [-0.15, -0.1) is 0 Å². The molecule has 80 valence electrons. The number of carbonyl (C=O) groups is 1. The number of rotatable bonds is 3. The molecule has 0 radical (unpaired) electrons. The van der Waals surface area contributed by atoms with Gasteiger partial charge in [0, 0.05) is 5.92 Å². The van der Waals surface area contributed by atoms with Gasteiger partial charge in [0.05, 0.1) is 10.1 Å². The highest BCUT2D eigenvalue weighted by molar-refractivity contribution is 7.92. The lowest BCUT2D eigenvalue weighted by molar-refractivity contribution is -0.108. The quantitative estimate of drug-likeness (QED) is 0.728. The second kappa shape index (κ2) is 3.45. The molecule has 1 aliphatic carbocycles. The lowest BCUT2D eigenvalue weighted by atomic mass is 10.2. The summed E-state index contributed by atoms with van der Waals surface area (Å²) in [5.74, 6) is -0.295. The van der Waals surface area contributed by atoms with Gasteiger partial charge in [0.2, 0.25) is 0 Å². The highest BCUT2D eigenvalue weighted by atomic mass is 32.2. The van der Waals surface area contributed by atoms with Crippen LogP contribution in [0.3, 0.4) is 0 Å². The molecule has 1 aliphatic rings. The second-order valence-electron chi connectivity index (χ2n) is 3.93. The van der Waals surface area contributed by atoms with E-state index in [0.29, 0.717) is 11.3 Å². The van der Waals surface area contributed by atoms with Crippen LogP contribution in [0.4, 0.5) is 0 Å². The van der Waals surface area contributed by atoms with Crippen LogP contribution in [0.2, 0.25) is 0 Å². The van der Waals surface area contributed by atoms with E-state index in [-0.39, 0.29) is 5.92 Å². The highest BCUT2D eigenvalue weighted by Gasteiger charge is 2.47. The van der Waals surface area contributed by atoms with Gasteiger partial charge in [-0.3, -0.25) is 0 Å². The number of hydrogen-bond acceptors (Lipinski definition) is 3. The molecule has 1 saturated carbocycles. The highest BCUT2D eigenvalue weighted by Crippen LogP contribution is 2.38. The van der Waals surface area contributed by atoms with Gasteiger partial charge in [-0.1, -0.05) is 17.7 Å². The molecule has 0 heterocycles. The van der Waals surface area contributed by atoms with Gasteiger partial charge in [0.25, 0.3) is 0 Å². The fourth-order valence-corrected chi connectivity index (χ4v) is 3.46. The van der Waals surface area contributed by atoms with Gasteiger partial charge in [-0.25, -0.2) is 8.42 Å². The fourth-order valence-electron chi connectivity index (χ4n) is 1.59. The summed E-state index contributed by atoms with van der Waals surface area (Å²) in [5.41, 5.74) is 1.02. The first-order chi connectivity index (χ1) is 7.05. The van der Waals surface area contributed by atoms with Gasteiger partial charge < -0.3 is 4.79 Å². The lowest BCUT2D eigenvalue weighted by Crippen LogP contribution is -2.09. The third-order valence-electron chi connectivity index (χ3n) is 2.70. The Bertz CT molecular complexity index is 473. The van der Waals surface area contributed by atoms with E-state index in [1.54, 1.807) is 24.3 Å². The molecule has 0 aliphatic heterocycles. The van der Waals surface area contributed by atoms with Crippen LogP contribution in [0.15, 0.2) is 29.2 Å². The molecule has 0 unspecified atom stereocenters. The molecule has 1 aromatic carbocycles. The first-order valence-corrected chi connectivity index (χ1v) is 6.36. The molecule has 15 heavy (non-hydrogen) atoms. The molecule has 0 saturated heterocycles. The minimum atomic E-state index is -3.28. The minimum Gasteiger partial charge on any atom is -0.303 e.